The van der Waals surface area contributed by atoms with Crippen LogP contribution in [-0.2, 0) is 0 Å². The molecule has 0 aliphatic carbocycles. The van der Waals surface area contributed by atoms with E-state index < -0.39 is 0 Å². The molecule has 0 radical (unpaired) electrons. The van der Waals surface area contributed by atoms with Gasteiger partial charge in [-0.1, -0.05) is 146 Å². The average molecular weight is 831 g/mol. The fourth-order valence-electron chi connectivity index (χ4n) is 10.6. The lowest BCUT2D eigenvalue weighted by Crippen LogP contribution is -2.18. The average Bonchev–Trinajstić information content (AvgIpc) is 4.05. The summed E-state index contributed by atoms with van der Waals surface area (Å²) in [6, 6.07) is 78.6. The Kier molecular flexibility index (Phi) is 7.71. The van der Waals surface area contributed by atoms with Crippen LogP contribution in [-0.4, -0.2) is 4.57 Å². The Balaban J connectivity index is 1.01. The first-order valence-corrected chi connectivity index (χ1v) is 22.3. The number of hydrogen-bond acceptors (Lipinski definition) is 3. The van der Waals surface area contributed by atoms with Gasteiger partial charge in [-0.15, -0.1) is 0 Å². The van der Waals surface area contributed by atoms with Gasteiger partial charge >= 0.3 is 0 Å². The first-order chi connectivity index (χ1) is 32.2. The predicted molar refractivity (Wildman–Crippen MR) is 269 cm³/mol. The number of furan rings is 2. The molecule has 1 aliphatic heterocycles. The van der Waals surface area contributed by atoms with Crippen molar-refractivity contribution in [1.82, 2.24) is 4.57 Å². The van der Waals surface area contributed by atoms with Crippen LogP contribution in [0.4, 0.5) is 5.69 Å². The summed E-state index contributed by atoms with van der Waals surface area (Å²) in [5.41, 5.74) is 19.5. The largest absolute Gasteiger partial charge is 0.455 e. The molecule has 4 heteroatoms. The van der Waals surface area contributed by atoms with Crippen LogP contribution in [0, 0.1) is 0 Å². The Hall–Kier alpha value is -8.60. The molecule has 10 aromatic carbocycles. The molecule has 0 spiro atoms. The summed E-state index contributed by atoms with van der Waals surface area (Å²) >= 11 is 0. The summed E-state index contributed by atoms with van der Waals surface area (Å²) in [6.45, 7) is 0. The van der Waals surface area contributed by atoms with Gasteiger partial charge in [-0.05, 0) is 112 Å². The van der Waals surface area contributed by atoms with Crippen molar-refractivity contribution in [3.63, 3.8) is 0 Å². The Labute approximate surface area is 374 Å². The molecule has 13 aromatic rings. The van der Waals surface area contributed by atoms with E-state index >= 15 is 0 Å². The zero-order valence-corrected chi connectivity index (χ0v) is 35.1. The molecular formula is C61H38N2O2. The summed E-state index contributed by atoms with van der Waals surface area (Å²) in [6.07, 6.45) is 0. The van der Waals surface area contributed by atoms with Crippen molar-refractivity contribution in [2.75, 3.05) is 5.32 Å². The van der Waals surface area contributed by atoms with E-state index in [1.165, 1.54) is 44.1 Å². The summed E-state index contributed by atoms with van der Waals surface area (Å²) in [5.74, 6) is 0. The number of anilines is 1. The first kappa shape index (κ1) is 35.9. The van der Waals surface area contributed by atoms with Gasteiger partial charge in [-0.25, -0.2) is 0 Å². The number of nitrogens with zero attached hydrogens (tertiary/aromatic N) is 1. The fraction of sp³-hybridized carbons (Fsp3) is 0.0164. The highest BCUT2D eigenvalue weighted by atomic mass is 16.3. The fourth-order valence-corrected chi connectivity index (χ4v) is 10.6. The SMILES string of the molecule is c1ccc(C2Nc3ccc(-c4cc(-c5cccc6c5oc5ccccc56)cc(-c5cccc6c5oc5ccccc56)c4)cc3-c3cc4c5ccccc5n(-c5ccccc5)c4cc32)cc1. The highest BCUT2D eigenvalue weighted by Gasteiger charge is 2.28. The van der Waals surface area contributed by atoms with Crippen LogP contribution in [0.3, 0.4) is 0 Å². The maximum absolute atomic E-state index is 6.67. The number of para-hydroxylation sites is 6. The number of benzene rings is 10. The quantitative estimate of drug-likeness (QED) is 0.188. The lowest BCUT2D eigenvalue weighted by atomic mass is 9.84. The van der Waals surface area contributed by atoms with E-state index in [9.17, 15) is 0 Å². The predicted octanol–water partition coefficient (Wildman–Crippen LogP) is 16.8. The molecule has 1 N–H and O–H groups in total. The first-order valence-electron chi connectivity index (χ1n) is 22.3. The third-order valence-corrected chi connectivity index (χ3v) is 13.6. The van der Waals surface area contributed by atoms with E-state index in [1.54, 1.807) is 0 Å². The molecule has 1 atom stereocenters. The van der Waals surface area contributed by atoms with Gasteiger partial charge in [0, 0.05) is 60.4 Å². The van der Waals surface area contributed by atoms with Crippen molar-refractivity contribution < 1.29 is 8.83 Å². The molecule has 4 heterocycles. The molecule has 1 unspecified atom stereocenters. The second-order valence-corrected chi connectivity index (χ2v) is 17.3. The van der Waals surface area contributed by atoms with Gasteiger partial charge in [0.15, 0.2) is 0 Å². The van der Waals surface area contributed by atoms with Crippen molar-refractivity contribution in [1.29, 1.82) is 0 Å². The van der Waals surface area contributed by atoms with Crippen LogP contribution in [0.15, 0.2) is 227 Å². The van der Waals surface area contributed by atoms with Gasteiger partial charge in [-0.2, -0.15) is 0 Å². The molecule has 0 fully saturated rings. The van der Waals surface area contributed by atoms with Crippen molar-refractivity contribution in [3.8, 4) is 50.2 Å². The molecule has 4 nitrogen and oxygen atoms in total. The van der Waals surface area contributed by atoms with Gasteiger partial charge < -0.3 is 18.7 Å². The summed E-state index contributed by atoms with van der Waals surface area (Å²) < 4.78 is 15.7. The summed E-state index contributed by atoms with van der Waals surface area (Å²) in [7, 11) is 0. The normalized spacial score (nSPS) is 13.5. The molecule has 0 amide bonds. The van der Waals surface area contributed by atoms with Crippen LogP contribution < -0.4 is 5.32 Å². The highest BCUT2D eigenvalue weighted by molar-refractivity contribution is 6.13. The minimum Gasteiger partial charge on any atom is -0.455 e. The maximum Gasteiger partial charge on any atom is 0.143 e. The Morgan fingerprint density at radius 1 is 0.354 bits per heavy atom. The maximum atomic E-state index is 6.67. The second-order valence-electron chi connectivity index (χ2n) is 17.3. The Bertz CT molecular complexity index is 3910. The minimum absolute atomic E-state index is 0.0419. The van der Waals surface area contributed by atoms with E-state index in [0.717, 1.165) is 88.6 Å². The number of nitrogens with one attached hydrogen (secondary N) is 1. The lowest BCUT2D eigenvalue weighted by molar-refractivity contribution is 0.670. The van der Waals surface area contributed by atoms with E-state index in [-0.39, 0.29) is 6.04 Å². The van der Waals surface area contributed by atoms with Crippen LogP contribution >= 0.6 is 0 Å². The number of aromatic nitrogens is 1. The Morgan fingerprint density at radius 2 is 0.923 bits per heavy atom. The smallest absolute Gasteiger partial charge is 0.143 e. The van der Waals surface area contributed by atoms with Gasteiger partial charge in [0.25, 0.3) is 0 Å². The highest BCUT2D eigenvalue weighted by Crippen LogP contribution is 2.49. The molecule has 3 aromatic heterocycles. The van der Waals surface area contributed by atoms with E-state index in [1.807, 2.05) is 12.1 Å². The summed E-state index contributed by atoms with van der Waals surface area (Å²) in [4.78, 5) is 0. The molecule has 65 heavy (non-hydrogen) atoms. The number of hydrogen-bond donors (Lipinski definition) is 1. The van der Waals surface area contributed by atoms with Gasteiger partial charge in [0.05, 0.1) is 17.1 Å². The molecular weight excluding hydrogens is 793 g/mol. The van der Waals surface area contributed by atoms with Crippen LogP contribution in [0.25, 0.3) is 116 Å². The molecule has 14 rings (SSSR count). The zero-order valence-electron chi connectivity index (χ0n) is 35.1. The minimum atomic E-state index is -0.0419. The lowest BCUT2D eigenvalue weighted by Gasteiger charge is -2.31. The monoisotopic (exact) mass is 830 g/mol. The molecule has 1 aliphatic rings. The molecule has 0 saturated heterocycles. The van der Waals surface area contributed by atoms with Crippen LogP contribution in [0.2, 0.25) is 0 Å². The molecule has 0 saturated carbocycles. The summed E-state index contributed by atoms with van der Waals surface area (Å²) in [5, 5.41) is 10.9. The topological polar surface area (TPSA) is 43.2 Å². The standard InChI is InChI=1S/C61H38N2O2/c1-3-15-37(16-4-1)59-53-36-56-52(45-19-7-10-26-55(45)63(56)42-17-5-2-6-18-42)35-50(53)51-34-38(29-30-54(51)62-59)39-31-40(43-22-13-24-48-46-20-8-11-27-57(46)64-60(43)48)33-41(32-39)44-23-14-25-49-47-21-9-12-28-58(47)65-61(44)49/h1-36,59,62H. The molecule has 0 bridgehead atoms. The zero-order chi connectivity index (χ0) is 42.6. The van der Waals surface area contributed by atoms with Gasteiger partial charge in [-0.3, -0.25) is 0 Å². The Morgan fingerprint density at radius 3 is 1.60 bits per heavy atom. The van der Waals surface area contributed by atoms with Gasteiger partial charge in [0.2, 0.25) is 0 Å². The van der Waals surface area contributed by atoms with Crippen LogP contribution in [0.1, 0.15) is 17.2 Å². The van der Waals surface area contributed by atoms with Crippen molar-refractivity contribution in [3.05, 3.63) is 230 Å². The number of fused-ring (bicyclic) bond motifs is 12. The van der Waals surface area contributed by atoms with Crippen LogP contribution in [0.5, 0.6) is 0 Å². The van der Waals surface area contributed by atoms with Crippen molar-refractivity contribution in [2.45, 2.75) is 6.04 Å². The van der Waals surface area contributed by atoms with Crippen molar-refractivity contribution >= 4 is 71.4 Å². The van der Waals surface area contributed by atoms with Gasteiger partial charge in [0.1, 0.15) is 22.3 Å². The van der Waals surface area contributed by atoms with Crippen molar-refractivity contribution in [2.24, 2.45) is 0 Å². The third-order valence-electron chi connectivity index (χ3n) is 13.6. The van der Waals surface area contributed by atoms with E-state index in [2.05, 4.69) is 216 Å². The van der Waals surface area contributed by atoms with E-state index in [0.29, 0.717) is 0 Å². The van der Waals surface area contributed by atoms with E-state index in [4.69, 9.17) is 8.83 Å². The second kappa shape index (κ2) is 14.0. The third kappa shape index (κ3) is 5.51. The number of rotatable bonds is 5. The molecule has 304 valence electrons.